The molecule has 12 atom stereocenters. The molecule has 2 aliphatic heterocycles. The Morgan fingerprint density at radius 3 is 1.24 bits per heavy atom. The number of hydrogen-bond donors (Lipinski definition) is 9. The van der Waals surface area contributed by atoms with E-state index in [-0.39, 0.29) is 18.9 Å². The van der Waals surface area contributed by atoms with E-state index in [1.807, 2.05) is 6.08 Å². The topological polar surface area (TPSA) is 228 Å². The Morgan fingerprint density at radius 1 is 0.416 bits per heavy atom. The van der Waals surface area contributed by atoms with Crippen LogP contribution in [0, 0.1) is 0 Å². The van der Waals surface area contributed by atoms with Crippen LogP contribution in [0.25, 0.3) is 0 Å². The van der Waals surface area contributed by atoms with Crippen LogP contribution in [-0.4, -0.2) is 140 Å². The summed E-state index contributed by atoms with van der Waals surface area (Å²) in [4.78, 5) is 13.3. The second-order valence-corrected chi connectivity index (χ2v) is 25.0. The normalized spacial score (nSPS) is 23.6. The number of nitrogens with one attached hydrogen (secondary N) is 1. The molecule has 2 heterocycles. The maximum atomic E-state index is 13.3. The standard InChI is InChI=1S/C75H131NO13/c1-3-5-7-9-11-13-15-17-19-21-23-25-26-27-28-29-30-31-32-33-34-35-36-37-38-39-41-43-45-47-49-51-53-55-57-59-67(80)76-63(64(79)58-56-54-52-50-48-46-44-42-40-24-22-20-18-16-14-12-10-8-6-4-2)62-86-74-72(85)70(83)73(66(61-78)88-74)89-75-71(84)69(82)68(81)65(60-77)87-75/h5,7,11,13,17,19,23,25,27-28,40,42,48,50,56,58,63-66,68-75,77-79,81-85H,3-4,6,8-10,12,14-16,18,20-22,24,26,29-39,41,43-47,49,51-55,57,59-62H2,1-2H3,(H,76,80)/b7-5-,13-11-,19-17-,25-23-,28-27-,42-40+,50-48+,58-56+. The fourth-order valence-corrected chi connectivity index (χ4v) is 11.3. The maximum absolute atomic E-state index is 13.3. The van der Waals surface area contributed by atoms with E-state index in [2.05, 4.69) is 104 Å². The van der Waals surface area contributed by atoms with E-state index in [0.717, 1.165) is 77.0 Å². The number of hydrogen-bond acceptors (Lipinski definition) is 13. The van der Waals surface area contributed by atoms with Crippen LogP contribution in [0.3, 0.4) is 0 Å². The van der Waals surface area contributed by atoms with E-state index in [1.165, 1.54) is 167 Å². The molecule has 2 aliphatic rings. The molecule has 0 aromatic rings. The highest BCUT2D eigenvalue weighted by Crippen LogP contribution is 2.30. The number of carbonyl (C=O) groups excluding carboxylic acids is 1. The van der Waals surface area contributed by atoms with Crippen LogP contribution in [0.2, 0.25) is 0 Å². The molecule has 0 spiro atoms. The monoisotopic (exact) mass is 1250 g/mol. The second kappa shape index (κ2) is 58.7. The van der Waals surface area contributed by atoms with Crippen LogP contribution in [0.5, 0.6) is 0 Å². The largest absolute Gasteiger partial charge is 0.394 e. The van der Waals surface area contributed by atoms with Gasteiger partial charge in [0.2, 0.25) is 5.91 Å². The van der Waals surface area contributed by atoms with Gasteiger partial charge in [-0.25, -0.2) is 0 Å². The summed E-state index contributed by atoms with van der Waals surface area (Å²) in [5.41, 5.74) is 0. The third kappa shape index (κ3) is 42.7. The van der Waals surface area contributed by atoms with Gasteiger partial charge in [-0.15, -0.1) is 0 Å². The molecular formula is C75H131NO13. The van der Waals surface area contributed by atoms with Crippen molar-refractivity contribution in [3.05, 3.63) is 97.2 Å². The molecule has 1 amide bonds. The lowest BCUT2D eigenvalue weighted by atomic mass is 9.97. The van der Waals surface area contributed by atoms with Crippen LogP contribution in [0.4, 0.5) is 0 Å². The van der Waals surface area contributed by atoms with Crippen molar-refractivity contribution in [2.24, 2.45) is 0 Å². The summed E-state index contributed by atoms with van der Waals surface area (Å²) >= 11 is 0. The lowest BCUT2D eigenvalue weighted by molar-refractivity contribution is -0.359. The van der Waals surface area contributed by atoms with Gasteiger partial charge < -0.3 is 65.1 Å². The lowest BCUT2D eigenvalue weighted by Gasteiger charge is -2.46. The van der Waals surface area contributed by atoms with Crippen molar-refractivity contribution in [1.82, 2.24) is 5.32 Å². The predicted molar refractivity (Wildman–Crippen MR) is 364 cm³/mol. The van der Waals surface area contributed by atoms with E-state index in [9.17, 15) is 45.6 Å². The van der Waals surface area contributed by atoms with Gasteiger partial charge in [0.15, 0.2) is 12.6 Å². The Kier molecular flexibility index (Phi) is 54.1. The number of aliphatic hydroxyl groups is 8. The summed E-state index contributed by atoms with van der Waals surface area (Å²) in [5.74, 6) is -0.252. The van der Waals surface area contributed by atoms with Crippen molar-refractivity contribution in [1.29, 1.82) is 0 Å². The first-order valence-electron chi connectivity index (χ1n) is 36.0. The van der Waals surface area contributed by atoms with Gasteiger partial charge in [0.05, 0.1) is 32.0 Å². The minimum Gasteiger partial charge on any atom is -0.394 e. The highest BCUT2D eigenvalue weighted by atomic mass is 16.7. The minimum atomic E-state index is -1.80. The number of carbonyl (C=O) groups is 1. The molecule has 0 saturated carbocycles. The number of amides is 1. The molecule has 2 fully saturated rings. The zero-order valence-corrected chi connectivity index (χ0v) is 55.9. The van der Waals surface area contributed by atoms with Gasteiger partial charge in [-0.1, -0.05) is 278 Å². The van der Waals surface area contributed by atoms with Crippen LogP contribution in [0.15, 0.2) is 97.2 Å². The van der Waals surface area contributed by atoms with E-state index >= 15 is 0 Å². The van der Waals surface area contributed by atoms with Crippen molar-refractivity contribution in [3.63, 3.8) is 0 Å². The first-order valence-corrected chi connectivity index (χ1v) is 36.0. The minimum absolute atomic E-state index is 0.252. The summed E-state index contributed by atoms with van der Waals surface area (Å²) in [6.07, 6.45) is 66.1. The zero-order valence-electron chi connectivity index (χ0n) is 55.9. The van der Waals surface area contributed by atoms with Crippen molar-refractivity contribution in [2.75, 3.05) is 19.8 Å². The first kappa shape index (κ1) is 82.0. The molecule has 12 unspecified atom stereocenters. The number of rotatable bonds is 58. The lowest BCUT2D eigenvalue weighted by Crippen LogP contribution is -2.65. The predicted octanol–water partition coefficient (Wildman–Crippen LogP) is 15.0. The molecular weight excluding hydrogens is 1120 g/mol. The molecule has 89 heavy (non-hydrogen) atoms. The molecule has 0 aromatic heterocycles. The number of allylic oxidation sites excluding steroid dienone is 15. The van der Waals surface area contributed by atoms with Crippen molar-refractivity contribution in [2.45, 2.75) is 351 Å². The maximum Gasteiger partial charge on any atom is 0.220 e. The molecule has 14 heteroatoms. The molecule has 9 N–H and O–H groups in total. The molecule has 0 radical (unpaired) electrons. The number of aliphatic hydroxyl groups excluding tert-OH is 8. The van der Waals surface area contributed by atoms with Crippen molar-refractivity contribution >= 4 is 5.91 Å². The van der Waals surface area contributed by atoms with Gasteiger partial charge in [0, 0.05) is 6.42 Å². The van der Waals surface area contributed by atoms with E-state index in [4.69, 9.17) is 18.9 Å². The highest BCUT2D eigenvalue weighted by Gasteiger charge is 2.51. The third-order valence-corrected chi connectivity index (χ3v) is 17.0. The Morgan fingerprint density at radius 2 is 0.787 bits per heavy atom. The molecule has 0 bridgehead atoms. The summed E-state index contributed by atoms with van der Waals surface area (Å²) in [7, 11) is 0. The molecule has 0 aliphatic carbocycles. The van der Waals surface area contributed by atoms with Crippen molar-refractivity contribution in [3.8, 4) is 0 Å². The Balaban J connectivity index is 1.65. The summed E-state index contributed by atoms with van der Waals surface area (Å²) in [6, 6.07) is -0.942. The number of unbranched alkanes of at least 4 members (excludes halogenated alkanes) is 31. The van der Waals surface area contributed by atoms with Gasteiger partial charge in [0.25, 0.3) is 0 Å². The van der Waals surface area contributed by atoms with Gasteiger partial charge in [-0.2, -0.15) is 0 Å². The van der Waals surface area contributed by atoms with Gasteiger partial charge in [0.1, 0.15) is 48.8 Å². The van der Waals surface area contributed by atoms with E-state index in [0.29, 0.717) is 12.8 Å². The Hall–Kier alpha value is -3.09. The SMILES string of the molecule is CC/C=C\C/C=C\C/C=C\C/C=C\C/C=C\CCCCCCCCCCCCCCCCCCCCCC(=O)NC(COC1OC(CO)C(OC2OC(CO)C(O)C(O)C2O)C(O)C1O)C(O)/C=C/CC/C=C/CC/C=C/CCCCCCCCCCCC. The molecule has 0 aromatic carbocycles. The van der Waals surface area contributed by atoms with E-state index < -0.39 is 86.8 Å². The molecule has 14 nitrogen and oxygen atoms in total. The summed E-state index contributed by atoms with van der Waals surface area (Å²) < 4.78 is 22.8. The Labute approximate surface area is 541 Å². The van der Waals surface area contributed by atoms with Crippen molar-refractivity contribution < 1.29 is 64.6 Å². The van der Waals surface area contributed by atoms with E-state index in [1.54, 1.807) is 6.08 Å². The second-order valence-electron chi connectivity index (χ2n) is 25.0. The van der Waals surface area contributed by atoms with Gasteiger partial charge in [-0.3, -0.25) is 4.79 Å². The molecule has 2 rings (SSSR count). The average molecular weight is 1250 g/mol. The highest BCUT2D eigenvalue weighted by molar-refractivity contribution is 5.76. The fraction of sp³-hybridized carbons (Fsp3) is 0.773. The summed E-state index contributed by atoms with van der Waals surface area (Å²) in [5, 5.41) is 87.4. The van der Waals surface area contributed by atoms with Gasteiger partial charge >= 0.3 is 0 Å². The van der Waals surface area contributed by atoms with Crippen LogP contribution < -0.4 is 5.32 Å². The average Bonchev–Trinajstić information content (AvgIpc) is 3.62. The van der Waals surface area contributed by atoms with Gasteiger partial charge in [-0.05, 0) is 89.9 Å². The molecule has 2 saturated heterocycles. The van der Waals surface area contributed by atoms with Crippen LogP contribution in [0.1, 0.15) is 277 Å². The van der Waals surface area contributed by atoms with Crippen LogP contribution in [-0.2, 0) is 23.7 Å². The van der Waals surface area contributed by atoms with Crippen LogP contribution >= 0.6 is 0 Å². The zero-order chi connectivity index (χ0) is 64.5. The number of ether oxygens (including phenoxy) is 4. The quantitative estimate of drug-likeness (QED) is 0.0204. The molecule has 514 valence electrons. The smallest absolute Gasteiger partial charge is 0.220 e. The third-order valence-electron chi connectivity index (χ3n) is 17.0. The Bertz CT molecular complexity index is 1860. The fourth-order valence-electron chi connectivity index (χ4n) is 11.3. The first-order chi connectivity index (χ1) is 43.6. The summed E-state index contributed by atoms with van der Waals surface area (Å²) in [6.45, 7) is 2.68.